The maximum absolute atomic E-state index is 13.1. The molecule has 1 aromatic carbocycles. The van der Waals surface area contributed by atoms with Gasteiger partial charge in [-0.05, 0) is 12.1 Å². The van der Waals surface area contributed by atoms with Crippen LogP contribution < -0.4 is 11.2 Å². The number of hydrogen-bond acceptors (Lipinski definition) is 4. The minimum Gasteiger partial charge on any atom is -0.507 e. The predicted molar refractivity (Wildman–Crippen MR) is 50.7 cm³/mol. The number of benzene rings is 1. The number of halogens is 1. The van der Waals surface area contributed by atoms with E-state index in [1.54, 1.807) is 5.48 Å². The number of phenols is 1. The summed E-state index contributed by atoms with van der Waals surface area (Å²) in [4.78, 5) is 25.9. The number of nitrogens with two attached hydrogens (primary N) is 1. The Bertz CT molecular complexity index is 402. The SMILES string of the molecule is NC(=O)CONC(=O)c1c(O)cccc1F. The lowest BCUT2D eigenvalue weighted by Gasteiger charge is -2.06. The molecule has 0 aliphatic rings. The van der Waals surface area contributed by atoms with Gasteiger partial charge in [-0.2, -0.15) is 0 Å². The molecule has 1 aromatic rings. The lowest BCUT2D eigenvalue weighted by atomic mass is 10.2. The standard InChI is InChI=1S/C9H9FN2O4/c10-5-2-1-3-6(13)8(5)9(15)12-16-4-7(11)14/h1-3,13H,4H2,(H2,11,14)(H,12,15). The Labute approximate surface area is 89.8 Å². The molecule has 0 heterocycles. The van der Waals surface area contributed by atoms with Crippen LogP contribution in [0.4, 0.5) is 4.39 Å². The molecule has 7 heteroatoms. The Morgan fingerprint density at radius 2 is 2.19 bits per heavy atom. The average Bonchev–Trinajstić information content (AvgIpc) is 2.16. The largest absolute Gasteiger partial charge is 0.507 e. The highest BCUT2D eigenvalue weighted by Gasteiger charge is 2.16. The molecule has 4 N–H and O–H groups in total. The molecule has 16 heavy (non-hydrogen) atoms. The first kappa shape index (κ1) is 11.9. The quantitative estimate of drug-likeness (QED) is 0.614. The zero-order valence-electron chi connectivity index (χ0n) is 8.07. The van der Waals surface area contributed by atoms with Gasteiger partial charge in [-0.1, -0.05) is 6.07 Å². The van der Waals surface area contributed by atoms with Crippen LogP contribution in [-0.2, 0) is 9.63 Å². The molecule has 0 saturated heterocycles. The van der Waals surface area contributed by atoms with Gasteiger partial charge in [-0.3, -0.25) is 14.4 Å². The van der Waals surface area contributed by atoms with Gasteiger partial charge >= 0.3 is 0 Å². The van der Waals surface area contributed by atoms with E-state index in [9.17, 15) is 19.1 Å². The van der Waals surface area contributed by atoms with Crippen molar-refractivity contribution in [1.29, 1.82) is 0 Å². The summed E-state index contributed by atoms with van der Waals surface area (Å²) < 4.78 is 13.1. The fourth-order valence-electron chi connectivity index (χ4n) is 0.961. The first-order valence-corrected chi connectivity index (χ1v) is 4.20. The highest BCUT2D eigenvalue weighted by molar-refractivity contribution is 5.96. The van der Waals surface area contributed by atoms with Crippen molar-refractivity contribution in [3.8, 4) is 5.75 Å². The van der Waals surface area contributed by atoms with Crippen molar-refractivity contribution in [3.05, 3.63) is 29.6 Å². The van der Waals surface area contributed by atoms with Crippen molar-refractivity contribution in [1.82, 2.24) is 5.48 Å². The third-order valence-corrected chi connectivity index (χ3v) is 1.60. The summed E-state index contributed by atoms with van der Waals surface area (Å²) in [6.07, 6.45) is 0. The van der Waals surface area contributed by atoms with Crippen LogP contribution in [0.15, 0.2) is 18.2 Å². The van der Waals surface area contributed by atoms with Crippen LogP contribution in [0.1, 0.15) is 10.4 Å². The number of phenolic OH excluding ortho intramolecular Hbond substituents is 1. The Morgan fingerprint density at radius 3 is 2.75 bits per heavy atom. The summed E-state index contributed by atoms with van der Waals surface area (Å²) in [6, 6.07) is 3.39. The molecule has 0 bridgehead atoms. The summed E-state index contributed by atoms with van der Waals surface area (Å²) in [5.41, 5.74) is 5.95. The minimum absolute atomic E-state index is 0.528. The number of rotatable bonds is 4. The molecule has 0 aromatic heterocycles. The van der Waals surface area contributed by atoms with Crippen molar-refractivity contribution < 1.29 is 23.9 Å². The van der Waals surface area contributed by atoms with Crippen LogP contribution >= 0.6 is 0 Å². The highest BCUT2D eigenvalue weighted by atomic mass is 19.1. The van der Waals surface area contributed by atoms with Gasteiger partial charge in [0.2, 0.25) is 5.91 Å². The third-order valence-electron chi connectivity index (χ3n) is 1.60. The zero-order chi connectivity index (χ0) is 12.1. The molecular formula is C9H9FN2O4. The van der Waals surface area contributed by atoms with Gasteiger partial charge in [0.25, 0.3) is 5.91 Å². The normalized spacial score (nSPS) is 9.81. The molecule has 0 spiro atoms. The lowest BCUT2D eigenvalue weighted by molar-refractivity contribution is -0.124. The monoisotopic (exact) mass is 228 g/mol. The molecule has 0 aliphatic carbocycles. The molecule has 86 valence electrons. The van der Waals surface area contributed by atoms with Crippen molar-refractivity contribution in [3.63, 3.8) is 0 Å². The Balaban J connectivity index is 2.70. The molecule has 6 nitrogen and oxygen atoms in total. The molecule has 0 saturated carbocycles. The van der Waals surface area contributed by atoms with Crippen LogP contribution in [0.3, 0.4) is 0 Å². The van der Waals surface area contributed by atoms with E-state index in [2.05, 4.69) is 4.84 Å². The van der Waals surface area contributed by atoms with Crippen LogP contribution in [0.5, 0.6) is 5.75 Å². The second-order valence-electron chi connectivity index (χ2n) is 2.82. The maximum atomic E-state index is 13.1. The number of amides is 2. The first-order chi connectivity index (χ1) is 7.52. The zero-order valence-corrected chi connectivity index (χ0v) is 8.07. The van der Waals surface area contributed by atoms with Gasteiger partial charge in [-0.25, -0.2) is 9.87 Å². The molecule has 0 atom stereocenters. The fraction of sp³-hybridized carbons (Fsp3) is 0.111. The van der Waals surface area contributed by atoms with Gasteiger partial charge in [0.05, 0.1) is 0 Å². The number of hydroxylamine groups is 1. The molecule has 1 rings (SSSR count). The van der Waals surface area contributed by atoms with Crippen molar-refractivity contribution in [2.45, 2.75) is 0 Å². The second kappa shape index (κ2) is 5.08. The number of carbonyl (C=O) groups is 2. The Hall–Kier alpha value is -2.15. The van der Waals surface area contributed by atoms with E-state index in [0.717, 1.165) is 12.1 Å². The lowest BCUT2D eigenvalue weighted by Crippen LogP contribution is -2.29. The average molecular weight is 228 g/mol. The van der Waals surface area contributed by atoms with Crippen LogP contribution in [0.25, 0.3) is 0 Å². The van der Waals surface area contributed by atoms with E-state index in [4.69, 9.17) is 5.73 Å². The van der Waals surface area contributed by atoms with E-state index >= 15 is 0 Å². The Kier molecular flexibility index (Phi) is 3.78. The first-order valence-electron chi connectivity index (χ1n) is 4.20. The predicted octanol–water partition coefficient (Wildman–Crippen LogP) is -0.322. The van der Waals surface area contributed by atoms with Crippen molar-refractivity contribution in [2.75, 3.05) is 6.61 Å². The third kappa shape index (κ3) is 2.92. The maximum Gasteiger partial charge on any atom is 0.281 e. The smallest absolute Gasteiger partial charge is 0.281 e. The number of carbonyl (C=O) groups excluding carboxylic acids is 2. The topological polar surface area (TPSA) is 102 Å². The van der Waals surface area contributed by atoms with E-state index in [1.165, 1.54) is 6.07 Å². The van der Waals surface area contributed by atoms with Crippen molar-refractivity contribution in [2.24, 2.45) is 5.73 Å². The van der Waals surface area contributed by atoms with Gasteiger partial charge in [-0.15, -0.1) is 0 Å². The summed E-state index contributed by atoms with van der Waals surface area (Å²) >= 11 is 0. The minimum atomic E-state index is -1.00. The number of nitrogens with one attached hydrogen (secondary N) is 1. The second-order valence-corrected chi connectivity index (χ2v) is 2.82. The molecule has 2 amide bonds. The van der Waals surface area contributed by atoms with Crippen molar-refractivity contribution >= 4 is 11.8 Å². The summed E-state index contributed by atoms with van der Waals surface area (Å²) in [6.45, 7) is -0.541. The van der Waals surface area contributed by atoms with Gasteiger partial charge in [0.1, 0.15) is 17.1 Å². The van der Waals surface area contributed by atoms with Gasteiger partial charge in [0, 0.05) is 0 Å². The Morgan fingerprint density at radius 1 is 1.50 bits per heavy atom. The van der Waals surface area contributed by atoms with E-state index in [0.29, 0.717) is 0 Å². The number of primary amides is 1. The van der Waals surface area contributed by atoms with E-state index < -0.39 is 35.6 Å². The summed E-state index contributed by atoms with van der Waals surface area (Å²) in [5.74, 6) is -3.23. The molecule has 0 unspecified atom stereocenters. The van der Waals surface area contributed by atoms with Crippen LogP contribution in [0, 0.1) is 5.82 Å². The number of hydrogen-bond donors (Lipinski definition) is 3. The molecular weight excluding hydrogens is 219 g/mol. The highest BCUT2D eigenvalue weighted by Crippen LogP contribution is 2.19. The molecule has 0 aliphatic heterocycles. The summed E-state index contributed by atoms with van der Waals surface area (Å²) in [7, 11) is 0. The molecule has 0 radical (unpaired) electrons. The van der Waals surface area contributed by atoms with Gasteiger partial charge in [0.15, 0.2) is 6.61 Å². The van der Waals surface area contributed by atoms with E-state index in [-0.39, 0.29) is 0 Å². The van der Waals surface area contributed by atoms with Crippen LogP contribution in [0.2, 0.25) is 0 Å². The molecule has 0 fully saturated rings. The fourth-order valence-corrected chi connectivity index (χ4v) is 0.961. The summed E-state index contributed by atoms with van der Waals surface area (Å²) in [5, 5.41) is 9.22. The van der Waals surface area contributed by atoms with E-state index in [1.807, 2.05) is 0 Å². The van der Waals surface area contributed by atoms with Gasteiger partial charge < -0.3 is 10.8 Å². The van der Waals surface area contributed by atoms with Crippen LogP contribution in [-0.4, -0.2) is 23.5 Å². The number of aromatic hydroxyl groups is 1.